The van der Waals surface area contributed by atoms with E-state index in [1.807, 2.05) is 13.8 Å². The topological polar surface area (TPSA) is 77.4 Å². The molecule has 2 rings (SSSR count). The van der Waals surface area contributed by atoms with Crippen molar-refractivity contribution in [3.05, 3.63) is 0 Å². The Morgan fingerprint density at radius 3 is 1.62 bits per heavy atom. The van der Waals surface area contributed by atoms with E-state index < -0.39 is 5.79 Å². The summed E-state index contributed by atoms with van der Waals surface area (Å²) in [6, 6.07) is 0. The largest absolute Gasteiger partial charge is 0.396 e. The van der Waals surface area contributed by atoms with Crippen LogP contribution in [0.5, 0.6) is 0 Å². The summed E-state index contributed by atoms with van der Waals surface area (Å²) in [6.45, 7) is 6.86. The van der Waals surface area contributed by atoms with Crippen LogP contribution in [0.3, 0.4) is 0 Å². The summed E-state index contributed by atoms with van der Waals surface area (Å²) in [5.41, 5.74) is -0.689. The van der Waals surface area contributed by atoms with Crippen LogP contribution in [0.1, 0.15) is 26.7 Å². The highest BCUT2D eigenvalue weighted by atomic mass is 16.7. The molecule has 0 aromatic heterocycles. The maximum Gasteiger partial charge on any atom is 0.172 e. The highest BCUT2D eigenvalue weighted by molar-refractivity contribution is 4.83. The van der Waals surface area contributed by atoms with Crippen LogP contribution in [0.25, 0.3) is 0 Å². The lowest BCUT2D eigenvalue weighted by molar-refractivity contribution is -0.318. The minimum absolute atomic E-state index is 0.0417. The second-order valence-corrected chi connectivity index (χ2v) is 7.03. The van der Waals surface area contributed by atoms with Gasteiger partial charge in [-0.2, -0.15) is 0 Å². The van der Waals surface area contributed by atoms with Crippen molar-refractivity contribution in [1.29, 1.82) is 0 Å². The molecule has 1 spiro atoms. The maximum absolute atomic E-state index is 9.42. The smallest absolute Gasteiger partial charge is 0.172 e. The molecule has 2 aliphatic rings. The van der Waals surface area contributed by atoms with Gasteiger partial charge in [-0.1, -0.05) is 13.8 Å². The lowest BCUT2D eigenvalue weighted by atomic mass is 9.92. The van der Waals surface area contributed by atoms with Crippen molar-refractivity contribution in [2.24, 2.45) is 10.8 Å². The molecule has 0 unspecified atom stereocenters. The maximum atomic E-state index is 9.42. The van der Waals surface area contributed by atoms with Gasteiger partial charge in [-0.3, -0.25) is 0 Å². The molecule has 0 atom stereocenters. The quantitative estimate of drug-likeness (QED) is 0.776. The van der Waals surface area contributed by atoms with Gasteiger partial charge in [0, 0.05) is 23.7 Å². The highest BCUT2D eigenvalue weighted by Gasteiger charge is 2.42. The van der Waals surface area contributed by atoms with Crippen molar-refractivity contribution < 1.29 is 29.2 Å². The summed E-state index contributed by atoms with van der Waals surface area (Å²) in [4.78, 5) is 0. The Morgan fingerprint density at radius 1 is 0.762 bits per heavy atom. The molecule has 0 aliphatic carbocycles. The molecule has 6 nitrogen and oxygen atoms in total. The summed E-state index contributed by atoms with van der Waals surface area (Å²) < 4.78 is 23.2. The number of aliphatic hydroxyl groups is 2. The summed E-state index contributed by atoms with van der Waals surface area (Å²) in [7, 11) is 0. The molecular formula is C15H28O6. The first-order valence-corrected chi connectivity index (χ1v) is 7.60. The predicted octanol–water partition coefficient (Wildman–Crippen LogP) is 0.554. The zero-order valence-corrected chi connectivity index (χ0v) is 13.1. The average Bonchev–Trinajstić information content (AvgIpc) is 2.51. The van der Waals surface area contributed by atoms with Crippen LogP contribution < -0.4 is 0 Å². The second kappa shape index (κ2) is 6.89. The van der Waals surface area contributed by atoms with Crippen LogP contribution in [0.15, 0.2) is 0 Å². The first kappa shape index (κ1) is 17.1. The van der Waals surface area contributed by atoms with Crippen molar-refractivity contribution >= 4 is 0 Å². The molecule has 6 heteroatoms. The van der Waals surface area contributed by atoms with Crippen molar-refractivity contribution in [1.82, 2.24) is 0 Å². The Bertz CT molecular complexity index is 310. The van der Waals surface area contributed by atoms with Gasteiger partial charge in [-0.25, -0.2) is 0 Å². The molecule has 2 saturated heterocycles. The number of hydrogen-bond acceptors (Lipinski definition) is 6. The molecule has 0 amide bonds. The predicted molar refractivity (Wildman–Crippen MR) is 75.9 cm³/mol. The molecule has 0 saturated carbocycles. The zero-order valence-electron chi connectivity index (χ0n) is 13.1. The third-order valence-corrected chi connectivity index (χ3v) is 4.29. The summed E-state index contributed by atoms with van der Waals surface area (Å²) >= 11 is 0. The van der Waals surface area contributed by atoms with Gasteiger partial charge in [0.25, 0.3) is 0 Å². The van der Waals surface area contributed by atoms with E-state index in [9.17, 15) is 10.2 Å². The minimum atomic E-state index is -0.679. The van der Waals surface area contributed by atoms with Gasteiger partial charge < -0.3 is 29.2 Å². The Balaban J connectivity index is 1.92. The van der Waals surface area contributed by atoms with Crippen molar-refractivity contribution in [3.63, 3.8) is 0 Å². The second-order valence-electron chi connectivity index (χ2n) is 7.03. The van der Waals surface area contributed by atoms with Crippen LogP contribution >= 0.6 is 0 Å². The molecule has 2 aliphatic heterocycles. The first-order chi connectivity index (χ1) is 9.95. The number of ether oxygens (including phenoxy) is 4. The minimum Gasteiger partial charge on any atom is -0.396 e. The van der Waals surface area contributed by atoms with E-state index >= 15 is 0 Å². The monoisotopic (exact) mass is 304 g/mol. The number of aliphatic hydroxyl groups excluding tert-OH is 2. The summed E-state index contributed by atoms with van der Waals surface area (Å²) in [6.07, 6.45) is 1.25. The Labute approximate surface area is 126 Å². The van der Waals surface area contributed by atoms with E-state index in [1.54, 1.807) is 0 Å². The Morgan fingerprint density at radius 2 is 1.19 bits per heavy atom. The SMILES string of the molecule is CC1(CO)COCCC2(CCOC1)OCC(C)(CO)CO2. The van der Waals surface area contributed by atoms with E-state index in [-0.39, 0.29) is 24.0 Å². The normalized spacial score (nSPS) is 42.9. The van der Waals surface area contributed by atoms with Crippen molar-refractivity contribution in [3.8, 4) is 0 Å². The standard InChI is InChI=1S/C15H28O6/c1-13(7-16)9-18-5-3-15(4-6-19-10-13)20-11-14(2,8-17)12-21-15/h16-17H,3-12H2,1-2H3. The fourth-order valence-electron chi connectivity index (χ4n) is 2.43. The van der Waals surface area contributed by atoms with Crippen LogP contribution in [0.4, 0.5) is 0 Å². The van der Waals surface area contributed by atoms with Gasteiger partial charge in [-0.15, -0.1) is 0 Å². The third kappa shape index (κ3) is 4.37. The molecule has 0 aromatic carbocycles. The van der Waals surface area contributed by atoms with Gasteiger partial charge in [0.05, 0.1) is 52.9 Å². The van der Waals surface area contributed by atoms with Crippen LogP contribution in [0.2, 0.25) is 0 Å². The fourth-order valence-corrected chi connectivity index (χ4v) is 2.43. The Kier molecular flexibility index (Phi) is 5.62. The van der Waals surface area contributed by atoms with E-state index in [4.69, 9.17) is 18.9 Å². The van der Waals surface area contributed by atoms with E-state index in [0.29, 0.717) is 52.5 Å². The molecule has 2 fully saturated rings. The first-order valence-electron chi connectivity index (χ1n) is 7.60. The molecule has 0 bridgehead atoms. The number of hydrogen-bond donors (Lipinski definition) is 2. The van der Waals surface area contributed by atoms with Gasteiger partial charge in [0.1, 0.15) is 0 Å². The highest BCUT2D eigenvalue weighted by Crippen LogP contribution is 2.34. The Hall–Kier alpha value is -0.240. The molecule has 2 heterocycles. The molecule has 21 heavy (non-hydrogen) atoms. The van der Waals surface area contributed by atoms with Crippen molar-refractivity contribution in [2.45, 2.75) is 32.5 Å². The van der Waals surface area contributed by atoms with Crippen LogP contribution in [-0.4, -0.2) is 68.9 Å². The molecule has 2 N–H and O–H groups in total. The molecule has 124 valence electrons. The number of rotatable bonds is 2. The lowest BCUT2D eigenvalue weighted by Gasteiger charge is -2.44. The molecule has 0 radical (unpaired) electrons. The van der Waals surface area contributed by atoms with Gasteiger partial charge in [-0.05, 0) is 0 Å². The van der Waals surface area contributed by atoms with Gasteiger partial charge in [0.2, 0.25) is 0 Å². The van der Waals surface area contributed by atoms with Gasteiger partial charge in [0.15, 0.2) is 5.79 Å². The fraction of sp³-hybridized carbons (Fsp3) is 1.00. The molecular weight excluding hydrogens is 276 g/mol. The summed E-state index contributed by atoms with van der Waals surface area (Å²) in [5.74, 6) is -0.679. The van der Waals surface area contributed by atoms with Crippen molar-refractivity contribution in [2.75, 3.05) is 52.9 Å². The van der Waals surface area contributed by atoms with E-state index in [1.165, 1.54) is 0 Å². The third-order valence-electron chi connectivity index (χ3n) is 4.29. The van der Waals surface area contributed by atoms with E-state index in [0.717, 1.165) is 0 Å². The average molecular weight is 304 g/mol. The summed E-state index contributed by atoms with van der Waals surface area (Å²) in [5, 5.41) is 18.8. The van der Waals surface area contributed by atoms with Gasteiger partial charge >= 0.3 is 0 Å². The van der Waals surface area contributed by atoms with Crippen LogP contribution in [0, 0.1) is 10.8 Å². The van der Waals surface area contributed by atoms with E-state index in [2.05, 4.69) is 0 Å². The lowest BCUT2D eigenvalue weighted by Crippen LogP contribution is -2.51. The molecule has 0 aromatic rings. The van der Waals surface area contributed by atoms with Crippen LogP contribution in [-0.2, 0) is 18.9 Å². The zero-order chi connectivity index (χ0) is 15.4.